The van der Waals surface area contributed by atoms with Crippen molar-refractivity contribution in [3.8, 4) is 12.3 Å². The third kappa shape index (κ3) is 4.03. The van der Waals surface area contributed by atoms with Crippen LogP contribution >= 0.6 is 0 Å². The molecule has 0 aliphatic heterocycles. The highest BCUT2D eigenvalue weighted by Gasteiger charge is 2.16. The smallest absolute Gasteiger partial charge is 0.329 e. The maximum Gasteiger partial charge on any atom is 0.329 e. The number of carbonyl (C=O) groups is 1. The normalized spacial score (nSPS) is 11.5. The van der Waals surface area contributed by atoms with Crippen LogP contribution in [-0.4, -0.2) is 18.6 Å². The summed E-state index contributed by atoms with van der Waals surface area (Å²) in [7, 11) is 0. The molecule has 0 amide bonds. The van der Waals surface area contributed by atoms with Crippen LogP contribution in [0.15, 0.2) is 18.2 Å². The van der Waals surface area contributed by atoms with Gasteiger partial charge in [-0.3, -0.25) is 0 Å². The molecule has 1 atom stereocenters. The summed E-state index contributed by atoms with van der Waals surface area (Å²) in [5, 5.41) is 3.25. The van der Waals surface area contributed by atoms with E-state index in [1.54, 1.807) is 6.92 Å². The van der Waals surface area contributed by atoms with E-state index in [0.717, 1.165) is 18.5 Å². The number of hydrogen-bond acceptors (Lipinski definition) is 3. The van der Waals surface area contributed by atoms with Crippen molar-refractivity contribution in [2.45, 2.75) is 39.7 Å². The van der Waals surface area contributed by atoms with Gasteiger partial charge < -0.3 is 10.1 Å². The fourth-order valence-corrected chi connectivity index (χ4v) is 1.94. The fraction of sp³-hybridized carbons (Fsp3) is 0.438. The molecule has 1 rings (SSSR count). The number of para-hydroxylation sites is 1. The molecule has 0 aliphatic rings. The Labute approximate surface area is 115 Å². The minimum atomic E-state index is -0.411. The van der Waals surface area contributed by atoms with E-state index in [9.17, 15) is 4.79 Å². The molecule has 3 heteroatoms. The molecule has 0 unspecified atom stereocenters. The number of carbonyl (C=O) groups excluding carboxylic acids is 1. The van der Waals surface area contributed by atoms with Gasteiger partial charge in [0, 0.05) is 5.69 Å². The Bertz CT molecular complexity index is 452. The molecule has 0 saturated heterocycles. The molecule has 1 aromatic rings. The van der Waals surface area contributed by atoms with Crippen molar-refractivity contribution in [1.82, 2.24) is 0 Å². The summed E-state index contributed by atoms with van der Waals surface area (Å²) in [6, 6.07) is 5.78. The number of terminal acetylenes is 1. The van der Waals surface area contributed by atoms with Crippen molar-refractivity contribution in [2.24, 2.45) is 0 Å². The van der Waals surface area contributed by atoms with Crippen molar-refractivity contribution >= 4 is 11.7 Å². The summed E-state index contributed by atoms with van der Waals surface area (Å²) >= 11 is 0. The van der Waals surface area contributed by atoms with E-state index in [0.29, 0.717) is 0 Å². The molecule has 3 nitrogen and oxygen atoms in total. The Morgan fingerprint density at radius 2 is 1.95 bits per heavy atom. The lowest BCUT2D eigenvalue weighted by Crippen LogP contribution is -2.29. The molecule has 1 N–H and O–H groups in total. The quantitative estimate of drug-likeness (QED) is 0.630. The van der Waals surface area contributed by atoms with Gasteiger partial charge in [0.1, 0.15) is 6.04 Å². The van der Waals surface area contributed by atoms with E-state index in [1.165, 1.54) is 11.1 Å². The maximum atomic E-state index is 11.7. The van der Waals surface area contributed by atoms with Gasteiger partial charge in [0.15, 0.2) is 6.61 Å². The monoisotopic (exact) mass is 259 g/mol. The first-order valence-electron chi connectivity index (χ1n) is 6.61. The topological polar surface area (TPSA) is 38.3 Å². The molecule has 0 saturated carbocycles. The lowest BCUT2D eigenvalue weighted by atomic mass is 10.0. The number of anilines is 1. The summed E-state index contributed by atoms with van der Waals surface area (Å²) < 4.78 is 4.93. The van der Waals surface area contributed by atoms with Gasteiger partial charge in [0.2, 0.25) is 0 Å². The minimum absolute atomic E-state index is 0.0148. The average Bonchev–Trinajstić information content (AvgIpc) is 2.44. The number of aryl methyl sites for hydroxylation is 2. The molecule has 0 spiro atoms. The number of ether oxygens (including phenoxy) is 1. The summed E-state index contributed by atoms with van der Waals surface area (Å²) in [6.07, 6.45) is 6.91. The van der Waals surface area contributed by atoms with Crippen LogP contribution in [0.3, 0.4) is 0 Å². The zero-order valence-electron chi connectivity index (χ0n) is 11.8. The lowest BCUT2D eigenvalue weighted by Gasteiger charge is -2.19. The highest BCUT2D eigenvalue weighted by molar-refractivity contribution is 5.79. The average molecular weight is 259 g/mol. The van der Waals surface area contributed by atoms with E-state index >= 15 is 0 Å². The standard InChI is InChI=1S/C16H21NO2/c1-5-11-19-16(18)12(4)17-15-13(6-2)9-8-10-14(15)7-3/h1,8-10,12,17H,6-7,11H2,2-4H3/t12-/m0/s1. The Morgan fingerprint density at radius 3 is 2.42 bits per heavy atom. The first kappa shape index (κ1) is 15.1. The summed E-state index contributed by atoms with van der Waals surface area (Å²) in [5.41, 5.74) is 3.45. The highest BCUT2D eigenvalue weighted by atomic mass is 16.5. The van der Waals surface area contributed by atoms with Crippen molar-refractivity contribution < 1.29 is 9.53 Å². The van der Waals surface area contributed by atoms with Gasteiger partial charge in [-0.2, -0.15) is 0 Å². The Hall–Kier alpha value is -1.95. The van der Waals surface area contributed by atoms with E-state index < -0.39 is 6.04 Å². The molecular formula is C16H21NO2. The zero-order valence-corrected chi connectivity index (χ0v) is 11.8. The third-order valence-corrected chi connectivity index (χ3v) is 3.01. The van der Waals surface area contributed by atoms with Gasteiger partial charge in [-0.25, -0.2) is 4.79 Å². The van der Waals surface area contributed by atoms with Crippen LogP contribution in [0.25, 0.3) is 0 Å². The van der Waals surface area contributed by atoms with E-state index in [-0.39, 0.29) is 12.6 Å². The first-order chi connectivity index (χ1) is 9.13. The number of esters is 1. The molecule has 0 aromatic heterocycles. The van der Waals surface area contributed by atoms with Gasteiger partial charge in [0.05, 0.1) is 0 Å². The Kier molecular flexibility index (Phi) is 5.95. The van der Waals surface area contributed by atoms with Crippen molar-refractivity contribution in [3.63, 3.8) is 0 Å². The Balaban J connectivity index is 2.86. The van der Waals surface area contributed by atoms with Crippen LogP contribution < -0.4 is 5.32 Å². The molecule has 0 radical (unpaired) electrons. The van der Waals surface area contributed by atoms with Gasteiger partial charge in [0.25, 0.3) is 0 Å². The summed E-state index contributed by atoms with van der Waals surface area (Å²) in [6.45, 7) is 5.99. The molecule has 0 heterocycles. The number of rotatable bonds is 6. The van der Waals surface area contributed by atoms with Gasteiger partial charge >= 0.3 is 5.97 Å². The number of benzene rings is 1. The molecule has 0 bridgehead atoms. The molecule has 102 valence electrons. The molecular weight excluding hydrogens is 238 g/mol. The van der Waals surface area contributed by atoms with Crippen molar-refractivity contribution in [2.75, 3.05) is 11.9 Å². The second kappa shape index (κ2) is 7.48. The largest absolute Gasteiger partial charge is 0.451 e. The van der Waals surface area contributed by atoms with Crippen LogP contribution in [0.2, 0.25) is 0 Å². The SMILES string of the molecule is C#CCOC(=O)[C@H](C)Nc1c(CC)cccc1CC. The number of hydrogen-bond donors (Lipinski definition) is 1. The highest BCUT2D eigenvalue weighted by Crippen LogP contribution is 2.23. The lowest BCUT2D eigenvalue weighted by molar-refractivity contribution is -0.142. The maximum absolute atomic E-state index is 11.7. The minimum Gasteiger partial charge on any atom is -0.451 e. The van der Waals surface area contributed by atoms with Crippen molar-refractivity contribution in [1.29, 1.82) is 0 Å². The molecule has 19 heavy (non-hydrogen) atoms. The van der Waals surface area contributed by atoms with E-state index in [1.807, 2.05) is 6.07 Å². The van der Waals surface area contributed by atoms with Crippen LogP contribution in [0.5, 0.6) is 0 Å². The van der Waals surface area contributed by atoms with Crippen LogP contribution in [-0.2, 0) is 22.4 Å². The Morgan fingerprint density at radius 1 is 1.37 bits per heavy atom. The number of nitrogens with one attached hydrogen (secondary N) is 1. The predicted octanol–water partition coefficient (Wildman–Crippen LogP) is 2.79. The zero-order chi connectivity index (χ0) is 14.3. The van der Waals surface area contributed by atoms with E-state index in [2.05, 4.69) is 37.2 Å². The second-order valence-electron chi connectivity index (χ2n) is 4.34. The van der Waals surface area contributed by atoms with Crippen LogP contribution in [0.1, 0.15) is 31.9 Å². The fourth-order valence-electron chi connectivity index (χ4n) is 1.94. The van der Waals surface area contributed by atoms with Gasteiger partial charge in [-0.05, 0) is 30.9 Å². The molecule has 0 aliphatic carbocycles. The van der Waals surface area contributed by atoms with Gasteiger partial charge in [-0.15, -0.1) is 6.42 Å². The first-order valence-corrected chi connectivity index (χ1v) is 6.61. The second-order valence-corrected chi connectivity index (χ2v) is 4.34. The van der Waals surface area contributed by atoms with Crippen LogP contribution in [0, 0.1) is 12.3 Å². The van der Waals surface area contributed by atoms with Crippen molar-refractivity contribution in [3.05, 3.63) is 29.3 Å². The van der Waals surface area contributed by atoms with E-state index in [4.69, 9.17) is 11.2 Å². The predicted molar refractivity (Wildman–Crippen MR) is 78.1 cm³/mol. The van der Waals surface area contributed by atoms with Crippen LogP contribution in [0.4, 0.5) is 5.69 Å². The summed E-state index contributed by atoms with van der Waals surface area (Å²) in [5.74, 6) is 1.96. The molecule has 0 fully saturated rings. The summed E-state index contributed by atoms with van der Waals surface area (Å²) in [4.78, 5) is 11.7. The molecule has 1 aromatic carbocycles. The van der Waals surface area contributed by atoms with Gasteiger partial charge in [-0.1, -0.05) is 38.0 Å². The third-order valence-electron chi connectivity index (χ3n) is 3.01.